The summed E-state index contributed by atoms with van der Waals surface area (Å²) < 4.78 is 26.3. The lowest BCUT2D eigenvalue weighted by Gasteiger charge is -2.23. The normalized spacial score (nSPS) is 11.8. The second-order valence-corrected chi connectivity index (χ2v) is 8.21. The Morgan fingerprint density at radius 3 is 1.53 bits per heavy atom. The van der Waals surface area contributed by atoms with E-state index < -0.39 is 41.9 Å². The number of amides is 1. The van der Waals surface area contributed by atoms with Gasteiger partial charge in [-0.05, 0) is 20.8 Å². The van der Waals surface area contributed by atoms with Crippen molar-refractivity contribution in [3.63, 3.8) is 0 Å². The largest absolute Gasteiger partial charge is 0.481 e. The van der Waals surface area contributed by atoms with Gasteiger partial charge in [0.15, 0.2) is 5.60 Å². The van der Waals surface area contributed by atoms with Crippen LogP contribution in [0.1, 0.15) is 40.0 Å². The summed E-state index contributed by atoms with van der Waals surface area (Å²) in [7, 11) is 0. The molecule has 0 radical (unpaired) electrons. The molecule has 0 aliphatic heterocycles. The van der Waals surface area contributed by atoms with Gasteiger partial charge in [-0.1, -0.05) is 0 Å². The van der Waals surface area contributed by atoms with E-state index in [2.05, 4.69) is 5.32 Å². The van der Waals surface area contributed by atoms with E-state index in [0.717, 1.165) is 0 Å². The average Bonchev–Trinajstić information content (AvgIpc) is 2.68. The van der Waals surface area contributed by atoms with Crippen molar-refractivity contribution >= 4 is 23.8 Å². The molecular formula is C21H37NO12. The molecule has 0 heterocycles. The zero-order chi connectivity index (χ0) is 26.0. The molecule has 0 aromatic heterocycles. The van der Waals surface area contributed by atoms with Crippen LogP contribution in [0, 0.1) is 0 Å². The quantitative estimate of drug-likeness (QED) is 0.126. The van der Waals surface area contributed by atoms with Crippen molar-refractivity contribution in [2.45, 2.75) is 51.2 Å². The molecule has 0 aromatic rings. The summed E-state index contributed by atoms with van der Waals surface area (Å²) in [6.45, 7) is 7.52. The van der Waals surface area contributed by atoms with E-state index in [1.54, 1.807) is 20.8 Å². The highest BCUT2D eigenvalue weighted by atomic mass is 16.6. The van der Waals surface area contributed by atoms with Crippen molar-refractivity contribution in [1.82, 2.24) is 5.32 Å². The summed E-state index contributed by atoms with van der Waals surface area (Å²) in [5.74, 6) is -4.41. The number of rotatable bonds is 20. The van der Waals surface area contributed by atoms with Gasteiger partial charge in [0.25, 0.3) is 5.91 Å². The van der Waals surface area contributed by atoms with Gasteiger partial charge in [-0.25, -0.2) is 0 Å². The molecule has 4 N–H and O–H groups in total. The van der Waals surface area contributed by atoms with Crippen LogP contribution >= 0.6 is 0 Å². The third-order valence-electron chi connectivity index (χ3n) is 3.83. The second-order valence-electron chi connectivity index (χ2n) is 8.21. The van der Waals surface area contributed by atoms with Gasteiger partial charge in [-0.15, -0.1) is 0 Å². The van der Waals surface area contributed by atoms with Crippen molar-refractivity contribution in [3.05, 3.63) is 0 Å². The molecule has 0 atom stereocenters. The number of carboxylic acids is 2. The fourth-order valence-corrected chi connectivity index (χ4v) is 2.43. The zero-order valence-corrected chi connectivity index (χ0v) is 20.0. The molecule has 13 nitrogen and oxygen atoms in total. The second kappa shape index (κ2) is 17.2. The number of esters is 1. The van der Waals surface area contributed by atoms with Crippen LogP contribution in [0.3, 0.4) is 0 Å². The first-order valence-corrected chi connectivity index (χ1v) is 10.8. The Morgan fingerprint density at radius 1 is 0.706 bits per heavy atom. The minimum Gasteiger partial charge on any atom is -0.481 e. The predicted octanol–water partition coefficient (Wildman–Crippen LogP) is -0.419. The maximum Gasteiger partial charge on any atom is 0.308 e. The van der Waals surface area contributed by atoms with Crippen LogP contribution in [0.25, 0.3) is 0 Å². The van der Waals surface area contributed by atoms with Crippen molar-refractivity contribution in [1.29, 1.82) is 0 Å². The smallest absolute Gasteiger partial charge is 0.308 e. The fraction of sp³-hybridized carbons (Fsp3) is 0.810. The Morgan fingerprint density at radius 2 is 1.12 bits per heavy atom. The first-order valence-electron chi connectivity index (χ1n) is 10.8. The number of nitrogens with one attached hydrogen (secondary N) is 1. The number of hydrogen-bond donors (Lipinski definition) is 4. The van der Waals surface area contributed by atoms with E-state index in [1.165, 1.54) is 0 Å². The molecule has 0 aliphatic carbocycles. The molecule has 1 amide bonds. The number of carboxylic acid groups (broad SMARTS) is 2. The number of ether oxygens (including phenoxy) is 5. The first-order chi connectivity index (χ1) is 15.9. The summed E-state index contributed by atoms with van der Waals surface area (Å²) in [6, 6.07) is 0. The third-order valence-corrected chi connectivity index (χ3v) is 3.83. The van der Waals surface area contributed by atoms with E-state index >= 15 is 0 Å². The Bertz CT molecular complexity index is 616. The van der Waals surface area contributed by atoms with Crippen LogP contribution in [0.5, 0.6) is 0 Å². The Labute approximate surface area is 198 Å². The van der Waals surface area contributed by atoms with Gasteiger partial charge in [0.1, 0.15) is 5.60 Å². The number of hydrogen-bond acceptors (Lipinski definition) is 10. The van der Waals surface area contributed by atoms with Gasteiger partial charge in [0.05, 0.1) is 72.1 Å². The van der Waals surface area contributed by atoms with Gasteiger partial charge < -0.3 is 44.3 Å². The van der Waals surface area contributed by atoms with Gasteiger partial charge in [0, 0.05) is 6.54 Å². The Balaban J connectivity index is 3.62. The van der Waals surface area contributed by atoms with Gasteiger partial charge in [-0.2, -0.15) is 0 Å². The molecule has 0 spiro atoms. The summed E-state index contributed by atoms with van der Waals surface area (Å²) in [5, 5.41) is 29.8. The third kappa shape index (κ3) is 18.1. The molecule has 198 valence electrons. The molecule has 0 unspecified atom stereocenters. The predicted molar refractivity (Wildman–Crippen MR) is 116 cm³/mol. The monoisotopic (exact) mass is 495 g/mol. The minimum absolute atomic E-state index is 0.0442. The van der Waals surface area contributed by atoms with Crippen molar-refractivity contribution in [3.8, 4) is 0 Å². The highest BCUT2D eigenvalue weighted by Crippen LogP contribution is 2.16. The standard InChI is InChI=1S/C21H37NO12/c1-20(2,3)34-18(27)4-6-30-8-10-32-12-13-33-11-9-31-7-5-22-19(28)21(29,14-16(23)24)15-17(25)26/h29H,4-15H2,1-3H3,(H,22,28)(H,23,24)(H,25,26). The summed E-state index contributed by atoms with van der Waals surface area (Å²) in [5.41, 5.74) is -3.05. The molecule has 0 aliphatic rings. The topological polar surface area (TPSA) is 187 Å². The fourth-order valence-electron chi connectivity index (χ4n) is 2.43. The average molecular weight is 496 g/mol. The van der Waals surface area contributed by atoms with E-state index in [4.69, 9.17) is 33.9 Å². The molecule has 0 aromatic carbocycles. The summed E-state index contributed by atoms with van der Waals surface area (Å²) >= 11 is 0. The van der Waals surface area contributed by atoms with Crippen LogP contribution in [-0.4, -0.2) is 110 Å². The lowest BCUT2D eigenvalue weighted by molar-refractivity contribution is -0.159. The molecule has 0 rings (SSSR count). The van der Waals surface area contributed by atoms with Crippen molar-refractivity contribution in [2.24, 2.45) is 0 Å². The molecule has 0 bridgehead atoms. The van der Waals surface area contributed by atoms with Crippen LogP contribution in [0.15, 0.2) is 0 Å². The SMILES string of the molecule is CC(C)(C)OC(=O)CCOCCOCCOCCOCCNC(=O)C(O)(CC(=O)O)CC(=O)O. The maximum absolute atomic E-state index is 11.9. The lowest BCUT2D eigenvalue weighted by atomic mass is 9.94. The van der Waals surface area contributed by atoms with Crippen LogP contribution < -0.4 is 5.32 Å². The number of carbonyl (C=O) groups excluding carboxylic acids is 2. The molecule has 13 heteroatoms. The molecule has 0 saturated heterocycles. The number of carbonyl (C=O) groups is 4. The lowest BCUT2D eigenvalue weighted by Crippen LogP contribution is -2.50. The zero-order valence-electron chi connectivity index (χ0n) is 20.0. The highest BCUT2D eigenvalue weighted by Gasteiger charge is 2.40. The number of aliphatic carboxylic acids is 2. The molecular weight excluding hydrogens is 458 g/mol. The first kappa shape index (κ1) is 31.7. The molecule has 34 heavy (non-hydrogen) atoms. The summed E-state index contributed by atoms with van der Waals surface area (Å²) in [6.07, 6.45) is -1.88. The summed E-state index contributed by atoms with van der Waals surface area (Å²) in [4.78, 5) is 44.9. The molecule has 0 fully saturated rings. The van der Waals surface area contributed by atoms with Crippen molar-refractivity contribution in [2.75, 3.05) is 59.4 Å². The van der Waals surface area contributed by atoms with Gasteiger partial charge >= 0.3 is 17.9 Å². The van der Waals surface area contributed by atoms with Crippen LogP contribution in [0.2, 0.25) is 0 Å². The Kier molecular flexibility index (Phi) is 16.0. The van der Waals surface area contributed by atoms with Gasteiger partial charge in [-0.3, -0.25) is 19.2 Å². The van der Waals surface area contributed by atoms with E-state index in [9.17, 15) is 24.3 Å². The van der Waals surface area contributed by atoms with Gasteiger partial charge in [0.2, 0.25) is 0 Å². The minimum atomic E-state index is -2.54. The maximum atomic E-state index is 11.9. The van der Waals surface area contributed by atoms with E-state index in [-0.39, 0.29) is 45.4 Å². The Hall–Kier alpha value is -2.32. The number of aliphatic hydroxyl groups is 1. The van der Waals surface area contributed by atoms with Crippen LogP contribution in [0.4, 0.5) is 0 Å². The van der Waals surface area contributed by atoms with Crippen LogP contribution in [-0.2, 0) is 42.9 Å². The highest BCUT2D eigenvalue weighted by molar-refractivity contribution is 5.92. The van der Waals surface area contributed by atoms with E-state index in [0.29, 0.717) is 26.4 Å². The molecule has 0 saturated carbocycles. The van der Waals surface area contributed by atoms with Crippen molar-refractivity contribution < 1.29 is 58.2 Å². The van der Waals surface area contributed by atoms with E-state index in [1.807, 2.05) is 0 Å².